The van der Waals surface area contributed by atoms with Gasteiger partial charge in [0.2, 0.25) is 0 Å². The van der Waals surface area contributed by atoms with Gasteiger partial charge < -0.3 is 10.1 Å². The first-order valence-electron chi connectivity index (χ1n) is 12.1. The summed E-state index contributed by atoms with van der Waals surface area (Å²) in [6, 6.07) is 27.6. The van der Waals surface area contributed by atoms with Crippen LogP contribution in [0.2, 0.25) is 0 Å². The van der Waals surface area contributed by atoms with Crippen molar-refractivity contribution in [1.82, 2.24) is 15.0 Å². The number of ether oxygens (including phenoxy) is 1. The number of aromatic nitrogens is 3. The van der Waals surface area contributed by atoms with Crippen molar-refractivity contribution in [1.29, 1.82) is 0 Å². The minimum Gasteiger partial charge on any atom is -0.478 e. The molecule has 0 aliphatic carbocycles. The van der Waals surface area contributed by atoms with Gasteiger partial charge in [-0.2, -0.15) is 0 Å². The Kier molecular flexibility index (Phi) is 5.75. The van der Waals surface area contributed by atoms with Crippen LogP contribution in [0.4, 0.5) is 5.69 Å². The molecule has 0 aliphatic rings. The third-order valence-electron chi connectivity index (χ3n) is 6.26. The fraction of sp³-hybridized carbons (Fsp3) is 0.233. The minimum atomic E-state index is -1.07. The number of nitrogens with one attached hydrogen (secondary N) is 1. The summed E-state index contributed by atoms with van der Waals surface area (Å²) in [5.41, 5.74) is 3.17. The van der Waals surface area contributed by atoms with E-state index in [1.54, 1.807) is 18.6 Å². The number of anilines is 1. The van der Waals surface area contributed by atoms with Gasteiger partial charge in [0.25, 0.3) is 5.91 Å². The lowest BCUT2D eigenvalue weighted by molar-refractivity contribution is -0.128. The molecule has 0 fully saturated rings. The maximum atomic E-state index is 13.1. The van der Waals surface area contributed by atoms with Gasteiger partial charge in [-0.05, 0) is 66.6 Å². The Morgan fingerprint density at radius 3 is 2.25 bits per heavy atom. The van der Waals surface area contributed by atoms with E-state index in [9.17, 15) is 4.79 Å². The molecule has 1 amide bonds. The van der Waals surface area contributed by atoms with Gasteiger partial charge in [-0.3, -0.25) is 4.79 Å². The summed E-state index contributed by atoms with van der Waals surface area (Å²) in [4.78, 5) is 14.7. The Bertz CT molecular complexity index is 1550. The molecule has 5 rings (SSSR count). The lowest BCUT2D eigenvalue weighted by Crippen LogP contribution is -2.42. The Labute approximate surface area is 210 Å². The molecule has 1 heterocycles. The molecule has 4 aromatic carbocycles. The van der Waals surface area contributed by atoms with Gasteiger partial charge in [0.15, 0.2) is 5.60 Å². The molecule has 0 saturated heterocycles. The van der Waals surface area contributed by atoms with Crippen molar-refractivity contribution in [2.24, 2.45) is 0 Å². The number of nitrogens with zero attached hydrogens (tertiary/aromatic N) is 3. The zero-order chi connectivity index (χ0) is 25.5. The maximum Gasteiger partial charge on any atom is 0.267 e. The van der Waals surface area contributed by atoms with Crippen LogP contribution in [-0.4, -0.2) is 26.5 Å². The topological polar surface area (TPSA) is 69.0 Å². The van der Waals surface area contributed by atoms with Crippen LogP contribution in [0.3, 0.4) is 0 Å². The van der Waals surface area contributed by atoms with E-state index in [0.717, 1.165) is 22.0 Å². The molecule has 1 aromatic heterocycles. The quantitative estimate of drug-likeness (QED) is 0.306. The molecule has 0 radical (unpaired) electrons. The molecular formula is C30H30N4O2. The monoisotopic (exact) mass is 478 g/mol. The molecule has 0 spiro atoms. The summed E-state index contributed by atoms with van der Waals surface area (Å²) in [6.45, 7) is 10.0. The predicted molar refractivity (Wildman–Crippen MR) is 145 cm³/mol. The van der Waals surface area contributed by atoms with E-state index in [1.807, 2.05) is 66.7 Å². The first-order chi connectivity index (χ1) is 17.1. The molecule has 5 aromatic rings. The molecule has 0 unspecified atom stereocenters. The summed E-state index contributed by atoms with van der Waals surface area (Å²) in [7, 11) is 0. The summed E-state index contributed by atoms with van der Waals surface area (Å²) in [6.07, 6.45) is 0. The predicted octanol–water partition coefficient (Wildman–Crippen LogP) is 6.67. The number of benzene rings is 4. The average Bonchev–Trinajstić information content (AvgIpc) is 3.26. The van der Waals surface area contributed by atoms with Gasteiger partial charge in [0, 0.05) is 11.1 Å². The van der Waals surface area contributed by atoms with Crippen molar-refractivity contribution >= 4 is 33.4 Å². The van der Waals surface area contributed by atoms with Crippen LogP contribution >= 0.6 is 0 Å². The molecule has 0 saturated carbocycles. The van der Waals surface area contributed by atoms with Gasteiger partial charge >= 0.3 is 0 Å². The molecule has 36 heavy (non-hydrogen) atoms. The Morgan fingerprint density at radius 2 is 1.50 bits per heavy atom. The van der Waals surface area contributed by atoms with Crippen molar-refractivity contribution in [3.05, 3.63) is 90.5 Å². The van der Waals surface area contributed by atoms with E-state index in [-0.39, 0.29) is 11.3 Å². The summed E-state index contributed by atoms with van der Waals surface area (Å²) in [5.74, 6) is 0.403. The van der Waals surface area contributed by atoms with E-state index in [4.69, 9.17) is 4.74 Å². The van der Waals surface area contributed by atoms with E-state index < -0.39 is 5.60 Å². The number of carbonyl (C=O) groups is 1. The van der Waals surface area contributed by atoms with Gasteiger partial charge in [0.05, 0.1) is 5.69 Å². The van der Waals surface area contributed by atoms with Gasteiger partial charge in [-0.15, -0.1) is 15.0 Å². The highest BCUT2D eigenvalue weighted by Gasteiger charge is 2.30. The van der Waals surface area contributed by atoms with Crippen molar-refractivity contribution < 1.29 is 9.53 Å². The summed E-state index contributed by atoms with van der Waals surface area (Å²) in [5, 5.41) is 14.5. The third-order valence-corrected chi connectivity index (χ3v) is 6.26. The number of amides is 1. The van der Waals surface area contributed by atoms with Crippen LogP contribution in [0.5, 0.6) is 5.75 Å². The highest BCUT2D eigenvalue weighted by molar-refractivity contribution is 5.98. The van der Waals surface area contributed by atoms with Crippen LogP contribution in [0.15, 0.2) is 84.9 Å². The van der Waals surface area contributed by atoms with Crippen LogP contribution in [-0.2, 0) is 10.2 Å². The number of hydrogen-bond acceptors (Lipinski definition) is 4. The SMILES string of the molecule is CC(C)(Oc1ccc(C(C)(C)C)cc1)C(=O)Nc1ccc2nn(-c3cccc4ccccc34)nc2c1. The molecule has 182 valence electrons. The highest BCUT2D eigenvalue weighted by Crippen LogP contribution is 2.27. The lowest BCUT2D eigenvalue weighted by atomic mass is 9.87. The smallest absolute Gasteiger partial charge is 0.267 e. The number of fused-ring (bicyclic) bond motifs is 2. The number of carbonyl (C=O) groups excluding carboxylic acids is 1. The van der Waals surface area contributed by atoms with Gasteiger partial charge in [0.1, 0.15) is 16.8 Å². The zero-order valence-corrected chi connectivity index (χ0v) is 21.2. The van der Waals surface area contributed by atoms with Crippen LogP contribution < -0.4 is 10.1 Å². The second kappa shape index (κ2) is 8.79. The summed E-state index contributed by atoms with van der Waals surface area (Å²) < 4.78 is 6.05. The normalized spacial score (nSPS) is 12.1. The van der Waals surface area contributed by atoms with Crippen molar-refractivity contribution in [3.63, 3.8) is 0 Å². The standard InChI is InChI=1S/C30H30N4O2/c1-29(2,3)21-13-16-23(17-14-21)36-30(4,5)28(35)31-22-15-18-25-26(19-22)33-34(32-25)27-12-8-10-20-9-6-7-11-24(20)27/h6-19H,1-5H3,(H,31,35). The lowest BCUT2D eigenvalue weighted by Gasteiger charge is -2.26. The number of hydrogen-bond donors (Lipinski definition) is 1. The summed E-state index contributed by atoms with van der Waals surface area (Å²) >= 11 is 0. The van der Waals surface area contributed by atoms with E-state index in [0.29, 0.717) is 17.0 Å². The first-order valence-corrected chi connectivity index (χ1v) is 12.1. The molecule has 0 aliphatic heterocycles. The van der Waals surface area contributed by atoms with E-state index in [2.05, 4.69) is 54.5 Å². The van der Waals surface area contributed by atoms with Gasteiger partial charge in [-0.1, -0.05) is 69.3 Å². The maximum absolute atomic E-state index is 13.1. The zero-order valence-electron chi connectivity index (χ0n) is 21.2. The molecule has 6 heteroatoms. The molecular weight excluding hydrogens is 448 g/mol. The molecule has 0 atom stereocenters. The van der Waals surface area contributed by atoms with Gasteiger partial charge in [-0.25, -0.2) is 0 Å². The fourth-order valence-electron chi connectivity index (χ4n) is 4.13. The third kappa shape index (κ3) is 4.67. The fourth-order valence-corrected chi connectivity index (χ4v) is 4.13. The highest BCUT2D eigenvalue weighted by atomic mass is 16.5. The first kappa shape index (κ1) is 23.5. The Hall–Kier alpha value is -4.19. The van der Waals surface area contributed by atoms with Crippen LogP contribution in [0.25, 0.3) is 27.5 Å². The Balaban J connectivity index is 1.35. The minimum absolute atomic E-state index is 0.0551. The molecule has 6 nitrogen and oxygen atoms in total. The molecule has 0 bridgehead atoms. The largest absolute Gasteiger partial charge is 0.478 e. The van der Waals surface area contributed by atoms with Crippen LogP contribution in [0.1, 0.15) is 40.2 Å². The average molecular weight is 479 g/mol. The van der Waals surface area contributed by atoms with Crippen molar-refractivity contribution in [2.45, 2.75) is 45.6 Å². The Morgan fingerprint density at radius 1 is 0.806 bits per heavy atom. The van der Waals surface area contributed by atoms with E-state index in [1.165, 1.54) is 5.56 Å². The molecule has 1 N–H and O–H groups in total. The van der Waals surface area contributed by atoms with Crippen molar-refractivity contribution in [2.75, 3.05) is 5.32 Å². The second-order valence-corrected chi connectivity index (χ2v) is 10.5. The van der Waals surface area contributed by atoms with Crippen LogP contribution in [0, 0.1) is 0 Å². The number of rotatable bonds is 5. The van der Waals surface area contributed by atoms with E-state index >= 15 is 0 Å². The second-order valence-electron chi connectivity index (χ2n) is 10.5. The van der Waals surface area contributed by atoms with Crippen molar-refractivity contribution in [3.8, 4) is 11.4 Å².